The van der Waals surface area contributed by atoms with Crippen LogP contribution in [0.5, 0.6) is 0 Å². The molecule has 0 spiro atoms. The van der Waals surface area contributed by atoms with Gasteiger partial charge in [0.15, 0.2) is 12.4 Å². The molecule has 1 aromatic carbocycles. The van der Waals surface area contributed by atoms with E-state index in [4.69, 9.17) is 22.1 Å². The van der Waals surface area contributed by atoms with E-state index in [2.05, 4.69) is 26.0 Å². The Morgan fingerprint density at radius 1 is 1.33 bits per heavy atom. The van der Waals surface area contributed by atoms with E-state index in [0.717, 1.165) is 17.7 Å². The second kappa shape index (κ2) is 9.43. The van der Waals surface area contributed by atoms with E-state index in [1.807, 2.05) is 0 Å². The molecule has 3 aromatic rings. The first kappa shape index (κ1) is 23.5. The average molecular weight is 515 g/mol. The molecule has 0 atom stereocenters. The van der Waals surface area contributed by atoms with Crippen LogP contribution in [0, 0.1) is 5.82 Å². The van der Waals surface area contributed by atoms with E-state index in [1.54, 1.807) is 10.6 Å². The zero-order valence-corrected chi connectivity index (χ0v) is 19.4. The molecule has 36 heavy (non-hydrogen) atoms. The molecule has 1 saturated carbocycles. The Kier molecular flexibility index (Phi) is 6.16. The number of nitrogens with zero attached hydrogens (tertiary/aromatic N) is 4. The second-order valence-electron chi connectivity index (χ2n) is 8.10. The largest absolute Gasteiger partial charge is 0.443 e. The van der Waals surface area contributed by atoms with Crippen LogP contribution in [0.1, 0.15) is 18.4 Å². The number of carbonyl (C=O) groups is 3. The lowest BCUT2D eigenvalue weighted by Gasteiger charge is -2.12. The maximum absolute atomic E-state index is 14.3. The number of carbonyl (C=O) groups excluding carboxylic acids is 3. The highest BCUT2D eigenvalue weighted by Crippen LogP contribution is 2.30. The molecule has 3 heterocycles. The van der Waals surface area contributed by atoms with Crippen LogP contribution in [0.2, 0.25) is 5.02 Å². The molecule has 14 heteroatoms. The number of aromatic nitrogens is 3. The van der Waals surface area contributed by atoms with Gasteiger partial charge in [0.25, 0.3) is 5.91 Å². The van der Waals surface area contributed by atoms with Crippen LogP contribution >= 0.6 is 11.6 Å². The first-order chi connectivity index (χ1) is 17.3. The molecule has 1 aliphatic carbocycles. The van der Waals surface area contributed by atoms with E-state index in [-0.39, 0.29) is 24.0 Å². The Bertz CT molecular complexity index is 1420. The van der Waals surface area contributed by atoms with Crippen molar-refractivity contribution in [3.8, 4) is 0 Å². The second-order valence-corrected chi connectivity index (χ2v) is 8.54. The standard InChI is InChI=1S/C22H20ClFN8O4/c23-12-1-4-14(24)15(6-12)28-17-7-18(27-13-2-3-13)32-20(30-17)11(9-26-32)5-16-21(34)31(22(35)29-16)10-36-19(33)8-25/h1,4-7,9,13,27H,2-3,8,10,25H2,(H,28,30)(H,29,35)/b16-5-. The lowest BCUT2D eigenvalue weighted by atomic mass is 10.2. The van der Waals surface area contributed by atoms with Crippen molar-refractivity contribution >= 4 is 58.6 Å². The molecule has 0 unspecified atom stereocenters. The zero-order valence-electron chi connectivity index (χ0n) is 18.6. The number of halogens is 2. The third kappa shape index (κ3) is 4.78. The van der Waals surface area contributed by atoms with Gasteiger partial charge in [0.05, 0.1) is 18.4 Å². The van der Waals surface area contributed by atoms with Crippen molar-refractivity contribution in [2.75, 3.05) is 23.9 Å². The van der Waals surface area contributed by atoms with Crippen LogP contribution in [0.25, 0.3) is 11.7 Å². The Morgan fingerprint density at radius 2 is 2.14 bits per heavy atom. The molecule has 2 aliphatic rings. The van der Waals surface area contributed by atoms with Crippen molar-refractivity contribution < 1.29 is 23.5 Å². The molecule has 5 rings (SSSR count). The summed E-state index contributed by atoms with van der Waals surface area (Å²) < 4.78 is 20.7. The number of imide groups is 1. The summed E-state index contributed by atoms with van der Waals surface area (Å²) >= 11 is 6.01. The molecule has 0 bridgehead atoms. The minimum atomic E-state index is -0.758. The van der Waals surface area contributed by atoms with Crippen molar-refractivity contribution in [1.82, 2.24) is 24.8 Å². The highest BCUT2D eigenvalue weighted by atomic mass is 35.5. The van der Waals surface area contributed by atoms with Crippen molar-refractivity contribution in [3.05, 3.63) is 52.6 Å². The summed E-state index contributed by atoms with van der Waals surface area (Å²) in [7, 11) is 0. The summed E-state index contributed by atoms with van der Waals surface area (Å²) in [4.78, 5) is 41.5. The Hall–Kier alpha value is -4.23. The van der Waals surface area contributed by atoms with Gasteiger partial charge in [-0.2, -0.15) is 9.61 Å². The number of urea groups is 1. The van der Waals surface area contributed by atoms with Crippen LogP contribution in [0.4, 0.5) is 26.5 Å². The summed E-state index contributed by atoms with van der Waals surface area (Å²) in [6.45, 7) is -0.952. The number of nitrogens with one attached hydrogen (secondary N) is 3. The highest BCUT2D eigenvalue weighted by molar-refractivity contribution is 6.30. The SMILES string of the molecule is NCC(=O)OCN1C(=O)N/C(=C\c2cnn3c(NC4CC4)cc(Nc4cc(Cl)ccc4F)nc23)C1=O. The molecule has 5 N–H and O–H groups in total. The summed E-state index contributed by atoms with van der Waals surface area (Å²) in [5, 5.41) is 13.4. The van der Waals surface area contributed by atoms with Crippen LogP contribution in [0.3, 0.4) is 0 Å². The maximum atomic E-state index is 14.3. The lowest BCUT2D eigenvalue weighted by molar-refractivity contribution is -0.147. The average Bonchev–Trinajstić information content (AvgIpc) is 3.52. The van der Waals surface area contributed by atoms with Gasteiger partial charge in [-0.15, -0.1) is 0 Å². The van der Waals surface area contributed by atoms with Gasteiger partial charge in [-0.25, -0.2) is 19.1 Å². The van der Waals surface area contributed by atoms with Gasteiger partial charge in [0.2, 0.25) is 0 Å². The van der Waals surface area contributed by atoms with Crippen LogP contribution in [0.15, 0.2) is 36.2 Å². The predicted molar refractivity (Wildman–Crippen MR) is 128 cm³/mol. The number of anilines is 3. The molecule has 186 valence electrons. The number of esters is 1. The van der Waals surface area contributed by atoms with Crippen molar-refractivity contribution in [3.63, 3.8) is 0 Å². The van der Waals surface area contributed by atoms with Gasteiger partial charge in [-0.05, 0) is 37.1 Å². The molecule has 2 aromatic heterocycles. The fraction of sp³-hybridized carbons (Fsp3) is 0.227. The Balaban J connectivity index is 1.49. The third-order valence-corrected chi connectivity index (χ3v) is 5.64. The molecule has 0 radical (unpaired) electrons. The van der Waals surface area contributed by atoms with Gasteiger partial charge in [-0.3, -0.25) is 9.59 Å². The lowest BCUT2D eigenvalue weighted by Crippen LogP contribution is -2.35. The predicted octanol–water partition coefficient (Wildman–Crippen LogP) is 2.19. The zero-order chi connectivity index (χ0) is 25.4. The number of amides is 3. The van der Waals surface area contributed by atoms with Gasteiger partial charge < -0.3 is 26.4 Å². The molecule has 3 amide bonds. The molecule has 1 saturated heterocycles. The number of ether oxygens (including phenoxy) is 1. The van der Waals surface area contributed by atoms with Gasteiger partial charge in [0.1, 0.15) is 23.1 Å². The minimum Gasteiger partial charge on any atom is -0.443 e. The Labute approximate surface area is 208 Å². The smallest absolute Gasteiger partial charge is 0.331 e. The van der Waals surface area contributed by atoms with E-state index in [1.165, 1.54) is 30.5 Å². The third-order valence-electron chi connectivity index (χ3n) is 5.40. The fourth-order valence-electron chi connectivity index (χ4n) is 3.46. The van der Waals surface area contributed by atoms with Crippen molar-refractivity contribution in [1.29, 1.82) is 0 Å². The van der Waals surface area contributed by atoms with Crippen LogP contribution in [-0.2, 0) is 14.3 Å². The highest BCUT2D eigenvalue weighted by Gasteiger charge is 2.34. The molecule has 2 fully saturated rings. The minimum absolute atomic E-state index is 0.0588. The number of nitrogens with two attached hydrogens (primary N) is 1. The Morgan fingerprint density at radius 3 is 2.89 bits per heavy atom. The first-order valence-corrected chi connectivity index (χ1v) is 11.3. The summed E-state index contributed by atoms with van der Waals surface area (Å²) in [6.07, 6.45) is 4.89. The van der Waals surface area contributed by atoms with Gasteiger partial charge >= 0.3 is 12.0 Å². The normalized spacial score (nSPS) is 16.5. The summed E-state index contributed by atoms with van der Waals surface area (Å²) in [5.41, 5.74) is 6.00. The van der Waals surface area contributed by atoms with Crippen LogP contribution < -0.4 is 21.7 Å². The van der Waals surface area contributed by atoms with E-state index < -0.39 is 30.5 Å². The number of rotatable bonds is 8. The number of hydrogen-bond acceptors (Lipinski definition) is 9. The summed E-state index contributed by atoms with van der Waals surface area (Å²) in [5.74, 6) is -1.05. The number of hydrogen-bond donors (Lipinski definition) is 4. The quantitative estimate of drug-likeness (QED) is 0.201. The first-order valence-electron chi connectivity index (χ1n) is 10.9. The number of benzene rings is 1. The summed E-state index contributed by atoms with van der Waals surface area (Å²) in [6, 6.07) is 5.33. The molecule has 12 nitrogen and oxygen atoms in total. The topological polar surface area (TPSA) is 156 Å². The maximum Gasteiger partial charge on any atom is 0.331 e. The molecular formula is C22H20ClFN8O4. The van der Waals surface area contributed by atoms with Gasteiger partial charge in [0, 0.05) is 22.7 Å². The number of fused-ring (bicyclic) bond motifs is 1. The molecule has 1 aliphatic heterocycles. The van der Waals surface area contributed by atoms with E-state index in [9.17, 15) is 18.8 Å². The fourth-order valence-corrected chi connectivity index (χ4v) is 3.63. The van der Waals surface area contributed by atoms with Crippen molar-refractivity contribution in [2.24, 2.45) is 5.73 Å². The van der Waals surface area contributed by atoms with E-state index in [0.29, 0.717) is 27.9 Å². The monoisotopic (exact) mass is 514 g/mol. The van der Waals surface area contributed by atoms with E-state index >= 15 is 0 Å². The van der Waals surface area contributed by atoms with Gasteiger partial charge in [-0.1, -0.05) is 11.6 Å². The molecular weight excluding hydrogens is 495 g/mol. The van der Waals surface area contributed by atoms with Crippen molar-refractivity contribution in [2.45, 2.75) is 18.9 Å². The van der Waals surface area contributed by atoms with Crippen LogP contribution in [-0.4, -0.2) is 56.7 Å².